The van der Waals surface area contributed by atoms with E-state index < -0.39 is 5.97 Å². The second kappa shape index (κ2) is 6.78. The molecule has 0 aliphatic carbocycles. The number of nitrogens with zero attached hydrogens (tertiary/aromatic N) is 2. The molecular weight excluding hydrogens is 367 g/mol. The second-order valence-electron chi connectivity index (χ2n) is 4.34. The van der Waals surface area contributed by atoms with Crippen LogP contribution in [-0.4, -0.2) is 15.6 Å². The Morgan fingerprint density at radius 2 is 1.95 bits per heavy atom. The first-order valence-corrected chi connectivity index (χ1v) is 6.80. The summed E-state index contributed by atoms with van der Waals surface area (Å²) >= 11 is 12.1. The first-order chi connectivity index (χ1) is 8.95. The molecule has 1 aromatic heterocycles. The van der Waals surface area contributed by atoms with Crippen LogP contribution in [0.3, 0.4) is 0 Å². The summed E-state index contributed by atoms with van der Waals surface area (Å²) in [5.41, 5.74) is 1.88. The van der Waals surface area contributed by atoms with Crippen molar-refractivity contribution in [1.29, 1.82) is 0 Å². The third kappa shape index (κ3) is 3.10. The van der Waals surface area contributed by atoms with Crippen LogP contribution in [0.2, 0.25) is 10.0 Å². The molecular formula is C13H15BrCl2N2O2. The van der Waals surface area contributed by atoms with Crippen LogP contribution >= 0.6 is 23.2 Å². The Labute approximate surface area is 137 Å². The molecule has 0 bridgehead atoms. The van der Waals surface area contributed by atoms with Crippen molar-refractivity contribution in [2.75, 3.05) is 0 Å². The number of fused-ring (bicyclic) bond motifs is 1. The third-order valence-electron chi connectivity index (χ3n) is 3.25. The van der Waals surface area contributed by atoms with Crippen LogP contribution in [0, 0.1) is 6.92 Å². The first-order valence-electron chi connectivity index (χ1n) is 6.05. The summed E-state index contributed by atoms with van der Waals surface area (Å²) in [6.45, 7) is 5.21. The highest BCUT2D eigenvalue weighted by Gasteiger charge is 2.22. The fourth-order valence-electron chi connectivity index (χ4n) is 2.34. The van der Waals surface area contributed by atoms with E-state index in [1.165, 1.54) is 0 Å². The quantitative estimate of drug-likeness (QED) is 0.760. The number of aromatic nitrogens is 2. The molecule has 0 aliphatic rings. The van der Waals surface area contributed by atoms with Gasteiger partial charge in [-0.2, -0.15) is 0 Å². The summed E-state index contributed by atoms with van der Waals surface area (Å²) in [5, 5.41) is 9.82. The molecule has 0 saturated carbocycles. The average Bonchev–Trinajstić information content (AvgIpc) is 2.59. The van der Waals surface area contributed by atoms with E-state index in [2.05, 4.69) is 4.57 Å². The minimum Gasteiger partial charge on any atom is -1.00 e. The lowest BCUT2D eigenvalue weighted by atomic mass is 10.3. The number of benzene rings is 1. The molecule has 0 aliphatic heterocycles. The molecule has 2 aromatic rings. The van der Waals surface area contributed by atoms with Gasteiger partial charge in [0, 0.05) is 19.1 Å². The van der Waals surface area contributed by atoms with Gasteiger partial charge in [0.25, 0.3) is 5.82 Å². The number of hydrogen-bond donors (Lipinski definition) is 1. The van der Waals surface area contributed by atoms with Crippen LogP contribution in [0.25, 0.3) is 11.0 Å². The van der Waals surface area contributed by atoms with Crippen molar-refractivity contribution < 1.29 is 31.4 Å². The molecule has 20 heavy (non-hydrogen) atoms. The zero-order chi connectivity index (χ0) is 14.2. The summed E-state index contributed by atoms with van der Waals surface area (Å²) in [5.74, 6) is 0.182. The Morgan fingerprint density at radius 1 is 1.35 bits per heavy atom. The van der Waals surface area contributed by atoms with Crippen LogP contribution in [-0.2, 0) is 17.9 Å². The lowest BCUT2D eigenvalue weighted by Crippen LogP contribution is -3.00. The summed E-state index contributed by atoms with van der Waals surface area (Å²) < 4.78 is 4.06. The van der Waals surface area contributed by atoms with E-state index in [9.17, 15) is 4.79 Å². The molecule has 0 atom stereocenters. The lowest BCUT2D eigenvalue weighted by molar-refractivity contribution is -0.677. The molecule has 1 N–H and O–H groups in total. The molecule has 0 fully saturated rings. The predicted molar refractivity (Wildman–Crippen MR) is 74.8 cm³/mol. The van der Waals surface area contributed by atoms with E-state index in [1.54, 1.807) is 6.07 Å². The molecule has 110 valence electrons. The standard InChI is InChI=1S/C13H14Cl2N2O2.BrH/c1-3-16-8(2)17(5-4-13(18)19)12-7-10(15)9(14)6-11(12)16;/h6-7H,3-5H2,1-2H3;1H. The van der Waals surface area contributed by atoms with Gasteiger partial charge >= 0.3 is 5.97 Å². The van der Waals surface area contributed by atoms with Crippen molar-refractivity contribution >= 4 is 40.2 Å². The van der Waals surface area contributed by atoms with Gasteiger partial charge in [0.05, 0.1) is 23.0 Å². The molecule has 1 aromatic carbocycles. The lowest BCUT2D eigenvalue weighted by Gasteiger charge is -1.98. The SMILES string of the molecule is CCn1c(C)[n+](CCC(=O)O)c2cc(Cl)c(Cl)cc21.[Br-]. The number of imidazole rings is 1. The smallest absolute Gasteiger partial charge is 0.307 e. The third-order valence-corrected chi connectivity index (χ3v) is 3.97. The fraction of sp³-hybridized carbons (Fsp3) is 0.385. The van der Waals surface area contributed by atoms with Gasteiger partial charge in [-0.05, 0) is 6.92 Å². The maximum absolute atomic E-state index is 10.8. The van der Waals surface area contributed by atoms with Crippen LogP contribution < -0.4 is 21.5 Å². The Hall–Kier alpha value is -0.780. The number of halogens is 3. The highest BCUT2D eigenvalue weighted by molar-refractivity contribution is 6.42. The summed E-state index contributed by atoms with van der Waals surface area (Å²) in [6, 6.07) is 3.62. The molecule has 0 amide bonds. The summed E-state index contributed by atoms with van der Waals surface area (Å²) in [4.78, 5) is 10.8. The highest BCUT2D eigenvalue weighted by atomic mass is 79.9. The topological polar surface area (TPSA) is 46.1 Å². The molecule has 4 nitrogen and oxygen atoms in total. The summed E-state index contributed by atoms with van der Waals surface area (Å²) in [7, 11) is 0. The summed E-state index contributed by atoms with van der Waals surface area (Å²) in [6.07, 6.45) is 0.0780. The van der Waals surface area contributed by atoms with Gasteiger partial charge in [-0.15, -0.1) is 0 Å². The fourth-order valence-corrected chi connectivity index (χ4v) is 2.66. The number of aryl methyl sites for hydroxylation is 2. The van der Waals surface area contributed by atoms with Gasteiger partial charge in [0.2, 0.25) is 0 Å². The highest BCUT2D eigenvalue weighted by Crippen LogP contribution is 2.27. The van der Waals surface area contributed by atoms with Gasteiger partial charge in [-0.3, -0.25) is 4.79 Å². The first kappa shape index (κ1) is 17.3. The normalized spacial score (nSPS) is 10.6. The number of carboxylic acid groups (broad SMARTS) is 1. The number of carboxylic acids is 1. The van der Waals surface area contributed by atoms with Crippen molar-refractivity contribution in [1.82, 2.24) is 4.57 Å². The van der Waals surface area contributed by atoms with Gasteiger partial charge < -0.3 is 22.1 Å². The molecule has 0 radical (unpaired) electrons. The minimum atomic E-state index is -0.815. The van der Waals surface area contributed by atoms with Crippen molar-refractivity contribution in [2.45, 2.75) is 33.4 Å². The van der Waals surface area contributed by atoms with Crippen molar-refractivity contribution in [3.8, 4) is 0 Å². The maximum Gasteiger partial charge on any atom is 0.307 e. The zero-order valence-electron chi connectivity index (χ0n) is 11.2. The van der Waals surface area contributed by atoms with E-state index >= 15 is 0 Å². The van der Waals surface area contributed by atoms with Crippen molar-refractivity contribution in [3.05, 3.63) is 28.0 Å². The molecule has 0 spiro atoms. The van der Waals surface area contributed by atoms with E-state index in [1.807, 2.05) is 24.5 Å². The zero-order valence-corrected chi connectivity index (χ0v) is 14.3. The molecule has 2 rings (SSSR count). The Kier molecular flexibility index (Phi) is 5.86. The predicted octanol–water partition coefficient (Wildman–Crippen LogP) is 0.0426. The number of rotatable bonds is 4. The van der Waals surface area contributed by atoms with E-state index in [4.69, 9.17) is 28.3 Å². The van der Waals surface area contributed by atoms with E-state index in [0.29, 0.717) is 16.6 Å². The molecule has 7 heteroatoms. The Balaban J connectivity index is 0.00000200. The van der Waals surface area contributed by atoms with Gasteiger partial charge in [0.1, 0.15) is 6.54 Å². The molecule has 0 unspecified atom stereocenters. The number of carbonyl (C=O) groups is 1. The van der Waals surface area contributed by atoms with Crippen LogP contribution in [0.1, 0.15) is 19.2 Å². The van der Waals surface area contributed by atoms with E-state index in [-0.39, 0.29) is 23.4 Å². The Bertz CT molecular complexity index is 656. The van der Waals surface area contributed by atoms with Gasteiger partial charge in [0.15, 0.2) is 11.0 Å². The Morgan fingerprint density at radius 3 is 2.50 bits per heavy atom. The van der Waals surface area contributed by atoms with Crippen LogP contribution in [0.4, 0.5) is 0 Å². The molecule has 0 saturated heterocycles. The minimum absolute atomic E-state index is 0. The van der Waals surface area contributed by atoms with Crippen LogP contribution in [0.5, 0.6) is 0 Å². The largest absolute Gasteiger partial charge is 1.00 e. The van der Waals surface area contributed by atoms with Gasteiger partial charge in [-0.25, -0.2) is 9.13 Å². The number of aliphatic carboxylic acids is 1. The van der Waals surface area contributed by atoms with E-state index in [0.717, 1.165) is 23.4 Å². The van der Waals surface area contributed by atoms with Crippen molar-refractivity contribution in [2.24, 2.45) is 0 Å². The number of hydrogen-bond acceptors (Lipinski definition) is 1. The second-order valence-corrected chi connectivity index (χ2v) is 5.16. The maximum atomic E-state index is 10.8. The van der Waals surface area contributed by atoms with Crippen LogP contribution in [0.15, 0.2) is 12.1 Å². The molecule has 1 heterocycles. The van der Waals surface area contributed by atoms with Gasteiger partial charge in [-0.1, -0.05) is 23.2 Å². The average molecular weight is 382 g/mol. The van der Waals surface area contributed by atoms with Crippen molar-refractivity contribution in [3.63, 3.8) is 0 Å². The monoisotopic (exact) mass is 380 g/mol.